The van der Waals surface area contributed by atoms with Gasteiger partial charge in [0.25, 0.3) is 0 Å². The van der Waals surface area contributed by atoms with Gasteiger partial charge in [-0.2, -0.15) is 0 Å². The molecule has 0 spiro atoms. The van der Waals surface area contributed by atoms with Crippen molar-refractivity contribution in [3.05, 3.63) is 64.7 Å². The fourth-order valence-corrected chi connectivity index (χ4v) is 2.90. The molecular formula is C23H34IN3O3. The van der Waals surface area contributed by atoms with Crippen LogP contribution >= 0.6 is 24.0 Å². The van der Waals surface area contributed by atoms with Crippen LogP contribution in [-0.2, 0) is 29.2 Å². The Hall–Kier alpha value is -1.84. The summed E-state index contributed by atoms with van der Waals surface area (Å²) in [6.07, 6.45) is 0. The molecule has 166 valence electrons. The van der Waals surface area contributed by atoms with Crippen LogP contribution in [0.15, 0.2) is 47.5 Å². The molecule has 2 rings (SSSR count). The third kappa shape index (κ3) is 8.89. The number of aliphatic imine (C=N–C) groups is 1. The highest BCUT2D eigenvalue weighted by atomic mass is 127. The number of benzene rings is 2. The zero-order chi connectivity index (χ0) is 20.9. The van der Waals surface area contributed by atoms with E-state index >= 15 is 0 Å². The third-order valence-electron chi connectivity index (χ3n) is 4.45. The third-order valence-corrected chi connectivity index (χ3v) is 4.45. The van der Waals surface area contributed by atoms with E-state index in [2.05, 4.69) is 52.9 Å². The second kappa shape index (κ2) is 15.0. The van der Waals surface area contributed by atoms with Crippen molar-refractivity contribution in [2.24, 2.45) is 4.99 Å². The molecule has 0 amide bonds. The minimum atomic E-state index is 0. The molecule has 0 radical (unpaired) electrons. The Bertz CT molecular complexity index is 784. The fourth-order valence-electron chi connectivity index (χ4n) is 2.90. The van der Waals surface area contributed by atoms with Crippen molar-refractivity contribution in [3.63, 3.8) is 0 Å². The lowest BCUT2D eigenvalue weighted by atomic mass is 10.1. The molecule has 0 saturated heterocycles. The van der Waals surface area contributed by atoms with Crippen molar-refractivity contribution in [1.82, 2.24) is 10.6 Å². The van der Waals surface area contributed by atoms with Crippen LogP contribution in [0.2, 0.25) is 0 Å². The number of halogens is 1. The van der Waals surface area contributed by atoms with E-state index in [4.69, 9.17) is 14.2 Å². The average molecular weight is 527 g/mol. The SMILES string of the molecule is CCOCCOc1cc(C)ccc1CNC(=NC)NCc1ccccc1COC.I. The molecule has 0 aliphatic rings. The smallest absolute Gasteiger partial charge is 0.191 e. The predicted octanol–water partition coefficient (Wildman–Crippen LogP) is 4.04. The molecule has 0 fully saturated rings. The Kier molecular flexibility index (Phi) is 13.1. The lowest BCUT2D eigenvalue weighted by molar-refractivity contribution is 0.110. The maximum atomic E-state index is 5.92. The summed E-state index contributed by atoms with van der Waals surface area (Å²) in [5.41, 5.74) is 4.60. The van der Waals surface area contributed by atoms with Gasteiger partial charge in [0.2, 0.25) is 0 Å². The van der Waals surface area contributed by atoms with Gasteiger partial charge in [-0.1, -0.05) is 36.4 Å². The molecule has 2 aromatic rings. The molecule has 0 saturated carbocycles. The minimum Gasteiger partial charge on any atom is -0.491 e. The largest absolute Gasteiger partial charge is 0.491 e. The number of nitrogens with one attached hydrogen (secondary N) is 2. The highest BCUT2D eigenvalue weighted by Gasteiger charge is 2.07. The number of nitrogens with zero attached hydrogens (tertiary/aromatic N) is 1. The number of hydrogen-bond acceptors (Lipinski definition) is 4. The quantitative estimate of drug-likeness (QED) is 0.200. The molecule has 0 heterocycles. The average Bonchev–Trinajstić information content (AvgIpc) is 2.73. The zero-order valence-electron chi connectivity index (χ0n) is 18.4. The van der Waals surface area contributed by atoms with E-state index in [9.17, 15) is 0 Å². The Labute approximate surface area is 197 Å². The molecule has 30 heavy (non-hydrogen) atoms. The monoisotopic (exact) mass is 527 g/mol. The van der Waals surface area contributed by atoms with Gasteiger partial charge in [-0.3, -0.25) is 4.99 Å². The first-order valence-electron chi connectivity index (χ1n) is 9.98. The van der Waals surface area contributed by atoms with E-state index in [0.29, 0.717) is 39.5 Å². The number of methoxy groups -OCH3 is 1. The van der Waals surface area contributed by atoms with E-state index in [0.717, 1.165) is 22.8 Å². The van der Waals surface area contributed by atoms with Gasteiger partial charge in [0.05, 0.1) is 13.2 Å². The molecule has 6 nitrogen and oxygen atoms in total. The molecule has 2 aromatic carbocycles. The van der Waals surface area contributed by atoms with E-state index in [1.165, 1.54) is 11.1 Å². The van der Waals surface area contributed by atoms with Crippen LogP contribution in [0.25, 0.3) is 0 Å². The Morgan fingerprint density at radius 3 is 2.33 bits per heavy atom. The van der Waals surface area contributed by atoms with Crippen molar-refractivity contribution in [1.29, 1.82) is 0 Å². The van der Waals surface area contributed by atoms with Crippen LogP contribution in [0.4, 0.5) is 0 Å². The Morgan fingerprint density at radius 2 is 1.67 bits per heavy atom. The van der Waals surface area contributed by atoms with Crippen LogP contribution in [0.5, 0.6) is 5.75 Å². The van der Waals surface area contributed by atoms with Crippen LogP contribution in [0, 0.1) is 6.92 Å². The van der Waals surface area contributed by atoms with Crippen LogP contribution in [-0.4, -0.2) is 39.9 Å². The molecule has 0 aliphatic heterocycles. The molecule has 0 aliphatic carbocycles. The molecule has 0 atom stereocenters. The summed E-state index contributed by atoms with van der Waals surface area (Å²) in [5.74, 6) is 1.61. The number of aryl methyl sites for hydroxylation is 1. The van der Waals surface area contributed by atoms with Crippen molar-refractivity contribution in [3.8, 4) is 5.75 Å². The first kappa shape index (κ1) is 26.2. The second-order valence-electron chi connectivity index (χ2n) is 6.64. The highest BCUT2D eigenvalue weighted by molar-refractivity contribution is 14.0. The molecule has 0 unspecified atom stereocenters. The lowest BCUT2D eigenvalue weighted by Gasteiger charge is -2.16. The van der Waals surface area contributed by atoms with Crippen LogP contribution < -0.4 is 15.4 Å². The predicted molar refractivity (Wildman–Crippen MR) is 133 cm³/mol. The lowest BCUT2D eigenvalue weighted by Crippen LogP contribution is -2.36. The Morgan fingerprint density at radius 1 is 0.967 bits per heavy atom. The summed E-state index contributed by atoms with van der Waals surface area (Å²) in [4.78, 5) is 4.33. The maximum Gasteiger partial charge on any atom is 0.191 e. The van der Waals surface area contributed by atoms with Crippen molar-refractivity contribution in [2.75, 3.05) is 34.0 Å². The summed E-state index contributed by atoms with van der Waals surface area (Å²) >= 11 is 0. The topological polar surface area (TPSA) is 64.1 Å². The van der Waals surface area contributed by atoms with Gasteiger partial charge in [0.15, 0.2) is 5.96 Å². The van der Waals surface area contributed by atoms with Crippen molar-refractivity contribution >= 4 is 29.9 Å². The fraction of sp³-hybridized carbons (Fsp3) is 0.435. The summed E-state index contributed by atoms with van der Waals surface area (Å²) in [6.45, 7) is 7.74. The molecule has 7 heteroatoms. The summed E-state index contributed by atoms with van der Waals surface area (Å²) < 4.78 is 16.6. The van der Waals surface area contributed by atoms with Gasteiger partial charge in [0.1, 0.15) is 12.4 Å². The first-order chi connectivity index (χ1) is 14.2. The molecule has 0 aromatic heterocycles. The van der Waals surface area contributed by atoms with Gasteiger partial charge in [0, 0.05) is 39.4 Å². The summed E-state index contributed by atoms with van der Waals surface area (Å²) in [5, 5.41) is 6.73. The minimum absolute atomic E-state index is 0. The summed E-state index contributed by atoms with van der Waals surface area (Å²) in [6, 6.07) is 14.5. The van der Waals surface area contributed by atoms with E-state index in [1.807, 2.05) is 19.1 Å². The van der Waals surface area contributed by atoms with Gasteiger partial charge in [-0.15, -0.1) is 24.0 Å². The van der Waals surface area contributed by atoms with E-state index in [-0.39, 0.29) is 24.0 Å². The molecule has 2 N–H and O–H groups in total. The van der Waals surface area contributed by atoms with Gasteiger partial charge in [-0.05, 0) is 36.6 Å². The van der Waals surface area contributed by atoms with Gasteiger partial charge in [-0.25, -0.2) is 0 Å². The first-order valence-corrected chi connectivity index (χ1v) is 9.98. The molecular weight excluding hydrogens is 493 g/mol. The Balaban J connectivity index is 0.00000450. The van der Waals surface area contributed by atoms with Gasteiger partial charge < -0.3 is 24.8 Å². The molecule has 0 bridgehead atoms. The van der Waals surface area contributed by atoms with E-state index in [1.54, 1.807) is 14.2 Å². The zero-order valence-corrected chi connectivity index (χ0v) is 20.7. The normalized spacial score (nSPS) is 11.0. The second-order valence-corrected chi connectivity index (χ2v) is 6.64. The number of guanidine groups is 1. The highest BCUT2D eigenvalue weighted by Crippen LogP contribution is 2.20. The van der Waals surface area contributed by atoms with E-state index < -0.39 is 0 Å². The van der Waals surface area contributed by atoms with Gasteiger partial charge >= 0.3 is 0 Å². The standard InChI is InChI=1S/C23H33N3O3.HI/c1-5-28-12-13-29-22-14-18(2)10-11-20(22)16-26-23(24-3)25-15-19-8-6-7-9-21(19)17-27-4;/h6-11,14H,5,12-13,15-17H2,1-4H3,(H2,24,25,26);1H. The number of rotatable bonds is 11. The summed E-state index contributed by atoms with van der Waals surface area (Å²) in [7, 11) is 3.48. The van der Waals surface area contributed by atoms with Crippen LogP contribution in [0.3, 0.4) is 0 Å². The van der Waals surface area contributed by atoms with Crippen LogP contribution in [0.1, 0.15) is 29.2 Å². The van der Waals surface area contributed by atoms with Crippen molar-refractivity contribution in [2.45, 2.75) is 33.5 Å². The number of ether oxygens (including phenoxy) is 3. The maximum absolute atomic E-state index is 5.92. The van der Waals surface area contributed by atoms with Crippen molar-refractivity contribution < 1.29 is 14.2 Å². The number of hydrogen-bond donors (Lipinski definition) is 2.